The summed E-state index contributed by atoms with van der Waals surface area (Å²) in [5.74, 6) is 0. The first-order chi connectivity index (χ1) is 6.96. The highest BCUT2D eigenvalue weighted by Crippen LogP contribution is 2.30. The lowest BCUT2D eigenvalue weighted by Crippen LogP contribution is -2.37. The molecule has 1 rings (SSSR count). The lowest BCUT2D eigenvalue weighted by Gasteiger charge is -2.23. The Kier molecular flexibility index (Phi) is 3.45. The molecule has 1 aliphatic rings. The molecule has 1 aliphatic carbocycles. The first kappa shape index (κ1) is 11.7. The normalized spacial score (nSPS) is 24.8. The Morgan fingerprint density at radius 3 is 2.87 bits per heavy atom. The summed E-state index contributed by atoms with van der Waals surface area (Å²) in [4.78, 5) is 11.0. The van der Waals surface area contributed by atoms with Crippen LogP contribution in [-0.4, -0.2) is 10.5 Å². The van der Waals surface area contributed by atoms with E-state index >= 15 is 0 Å². The average Bonchev–Trinajstić information content (AvgIpc) is 2.14. The van der Waals surface area contributed by atoms with Crippen LogP contribution in [0.2, 0.25) is 0 Å². The summed E-state index contributed by atoms with van der Waals surface area (Å²) in [7, 11) is 0. The fourth-order valence-corrected chi connectivity index (χ4v) is 1.80. The maximum atomic E-state index is 11.1. The predicted octanol–water partition coefficient (Wildman–Crippen LogP) is 3.26. The maximum absolute atomic E-state index is 11.1. The number of hydrogen-bond donors (Lipinski definition) is 0. The summed E-state index contributed by atoms with van der Waals surface area (Å²) in [5, 5.41) is 11.1. The van der Waals surface area contributed by atoms with Crippen molar-refractivity contribution in [3.8, 4) is 0 Å². The van der Waals surface area contributed by atoms with Crippen LogP contribution < -0.4 is 0 Å². The van der Waals surface area contributed by atoms with Crippen molar-refractivity contribution in [2.75, 3.05) is 0 Å². The van der Waals surface area contributed by atoms with Gasteiger partial charge in [-0.3, -0.25) is 10.1 Å². The predicted molar refractivity (Wildman–Crippen MR) is 61.3 cm³/mol. The van der Waals surface area contributed by atoms with E-state index in [0.29, 0.717) is 19.3 Å². The zero-order valence-electron chi connectivity index (χ0n) is 9.32. The van der Waals surface area contributed by atoms with E-state index < -0.39 is 5.54 Å². The van der Waals surface area contributed by atoms with Crippen LogP contribution in [0.25, 0.3) is 0 Å². The fraction of sp³-hybridized carbons (Fsp3) is 0.500. The largest absolute Gasteiger partial charge is 0.264 e. The SMILES string of the molecule is C=C(C)CCC1([N+](=O)[O-])C=C(C)C=CC1. The lowest BCUT2D eigenvalue weighted by molar-refractivity contribution is -0.555. The van der Waals surface area contributed by atoms with Crippen LogP contribution in [0.5, 0.6) is 0 Å². The van der Waals surface area contributed by atoms with Crippen molar-refractivity contribution in [1.82, 2.24) is 0 Å². The van der Waals surface area contributed by atoms with Crippen LogP contribution in [0.3, 0.4) is 0 Å². The van der Waals surface area contributed by atoms with Crippen LogP contribution in [0.1, 0.15) is 33.1 Å². The highest BCUT2D eigenvalue weighted by molar-refractivity contribution is 5.26. The quantitative estimate of drug-likeness (QED) is 0.403. The molecule has 0 radical (unpaired) electrons. The van der Waals surface area contributed by atoms with Crippen molar-refractivity contribution in [3.05, 3.63) is 46.1 Å². The second kappa shape index (κ2) is 4.43. The van der Waals surface area contributed by atoms with Crippen LogP contribution in [0, 0.1) is 10.1 Å². The van der Waals surface area contributed by atoms with Crippen molar-refractivity contribution in [2.24, 2.45) is 0 Å². The Morgan fingerprint density at radius 1 is 1.73 bits per heavy atom. The van der Waals surface area contributed by atoms with Crippen LogP contribution in [-0.2, 0) is 0 Å². The van der Waals surface area contributed by atoms with Gasteiger partial charge in [0.05, 0.1) is 0 Å². The summed E-state index contributed by atoms with van der Waals surface area (Å²) in [6.45, 7) is 7.59. The molecule has 1 atom stereocenters. The van der Waals surface area contributed by atoms with Gasteiger partial charge in [-0.2, -0.15) is 0 Å². The van der Waals surface area contributed by atoms with Gasteiger partial charge in [-0.25, -0.2) is 0 Å². The van der Waals surface area contributed by atoms with Gasteiger partial charge >= 0.3 is 0 Å². The van der Waals surface area contributed by atoms with E-state index in [1.807, 2.05) is 26.0 Å². The van der Waals surface area contributed by atoms with E-state index in [4.69, 9.17) is 0 Å². The van der Waals surface area contributed by atoms with Crippen LogP contribution in [0.15, 0.2) is 36.0 Å². The molecule has 0 saturated carbocycles. The smallest absolute Gasteiger partial charge is 0.244 e. The van der Waals surface area contributed by atoms with Crippen molar-refractivity contribution < 1.29 is 4.92 Å². The highest BCUT2D eigenvalue weighted by Gasteiger charge is 2.39. The van der Waals surface area contributed by atoms with Crippen molar-refractivity contribution in [3.63, 3.8) is 0 Å². The molecule has 0 amide bonds. The van der Waals surface area contributed by atoms with E-state index in [9.17, 15) is 10.1 Å². The fourth-order valence-electron chi connectivity index (χ4n) is 1.80. The Balaban J connectivity index is 2.85. The Hall–Kier alpha value is -1.38. The van der Waals surface area contributed by atoms with Crippen molar-refractivity contribution in [1.29, 1.82) is 0 Å². The van der Waals surface area contributed by atoms with Gasteiger partial charge in [0.15, 0.2) is 0 Å². The summed E-state index contributed by atoms with van der Waals surface area (Å²) in [5.41, 5.74) is 1.06. The summed E-state index contributed by atoms with van der Waals surface area (Å²) < 4.78 is 0. The minimum absolute atomic E-state index is 0.164. The Morgan fingerprint density at radius 2 is 2.40 bits per heavy atom. The molecule has 0 aromatic rings. The number of nitrogens with zero attached hydrogens (tertiary/aromatic N) is 1. The second-order valence-electron chi connectivity index (χ2n) is 4.31. The summed E-state index contributed by atoms with van der Waals surface area (Å²) in [6, 6.07) is 0. The molecule has 0 fully saturated rings. The second-order valence-corrected chi connectivity index (χ2v) is 4.31. The molecule has 3 heteroatoms. The minimum Gasteiger partial charge on any atom is -0.264 e. The monoisotopic (exact) mass is 207 g/mol. The first-order valence-corrected chi connectivity index (χ1v) is 5.11. The maximum Gasteiger partial charge on any atom is 0.244 e. The van der Waals surface area contributed by atoms with Crippen molar-refractivity contribution >= 4 is 0 Å². The number of rotatable bonds is 4. The van der Waals surface area contributed by atoms with Gasteiger partial charge in [-0.15, -0.1) is 6.58 Å². The van der Waals surface area contributed by atoms with Crippen LogP contribution in [0.4, 0.5) is 0 Å². The summed E-state index contributed by atoms with van der Waals surface area (Å²) in [6.07, 6.45) is 7.33. The van der Waals surface area contributed by atoms with Crippen molar-refractivity contribution in [2.45, 2.75) is 38.6 Å². The third kappa shape index (κ3) is 2.78. The van der Waals surface area contributed by atoms with Gasteiger partial charge in [0.25, 0.3) is 0 Å². The molecule has 82 valence electrons. The highest BCUT2D eigenvalue weighted by atomic mass is 16.6. The molecule has 1 unspecified atom stereocenters. The van der Waals surface area contributed by atoms with E-state index in [0.717, 1.165) is 11.1 Å². The lowest BCUT2D eigenvalue weighted by atomic mass is 9.84. The van der Waals surface area contributed by atoms with Gasteiger partial charge in [-0.1, -0.05) is 17.7 Å². The molecule has 0 aromatic heterocycles. The molecule has 0 spiro atoms. The molecule has 0 N–H and O–H groups in total. The van der Waals surface area contributed by atoms with Gasteiger partial charge < -0.3 is 0 Å². The molecule has 3 nitrogen and oxygen atoms in total. The molecule has 0 heterocycles. The van der Waals surface area contributed by atoms with E-state index in [-0.39, 0.29) is 4.92 Å². The number of nitro groups is 1. The molecular weight excluding hydrogens is 190 g/mol. The molecule has 0 aliphatic heterocycles. The zero-order valence-corrected chi connectivity index (χ0v) is 9.32. The molecule has 15 heavy (non-hydrogen) atoms. The van der Waals surface area contributed by atoms with Gasteiger partial charge in [0.2, 0.25) is 5.54 Å². The van der Waals surface area contributed by atoms with Gasteiger partial charge in [0.1, 0.15) is 0 Å². The zero-order chi connectivity index (χ0) is 11.5. The topological polar surface area (TPSA) is 43.1 Å². The molecular formula is C12H17NO2. The van der Waals surface area contributed by atoms with E-state index in [1.165, 1.54) is 0 Å². The Labute approximate surface area is 90.3 Å². The Bertz CT molecular complexity index is 342. The minimum atomic E-state index is -0.905. The number of hydrogen-bond acceptors (Lipinski definition) is 2. The van der Waals surface area contributed by atoms with Crippen LogP contribution >= 0.6 is 0 Å². The summed E-state index contributed by atoms with van der Waals surface area (Å²) >= 11 is 0. The number of allylic oxidation sites excluding steroid dienone is 3. The third-order valence-electron chi connectivity index (χ3n) is 2.70. The molecule has 0 saturated heterocycles. The molecule has 0 bridgehead atoms. The standard InChI is InChI=1S/C12H17NO2/c1-10(2)6-8-12(13(14)15)7-4-5-11(3)9-12/h4-5,9H,1,6-8H2,2-3H3. The van der Waals surface area contributed by atoms with Gasteiger partial charge in [-0.05, 0) is 31.9 Å². The molecule has 0 aromatic carbocycles. The average molecular weight is 207 g/mol. The van der Waals surface area contributed by atoms with E-state index in [1.54, 1.807) is 6.08 Å². The first-order valence-electron chi connectivity index (χ1n) is 5.11. The van der Waals surface area contributed by atoms with Gasteiger partial charge in [0, 0.05) is 17.8 Å². The third-order valence-corrected chi connectivity index (χ3v) is 2.70. The van der Waals surface area contributed by atoms with E-state index in [2.05, 4.69) is 6.58 Å².